The monoisotopic (exact) mass is 293 g/mol. The molecule has 6 nitrogen and oxygen atoms in total. The van der Waals surface area contributed by atoms with Crippen LogP contribution in [0.25, 0.3) is 0 Å². The molecule has 6 heteroatoms. The van der Waals surface area contributed by atoms with Gasteiger partial charge in [0.25, 0.3) is 5.91 Å². The van der Waals surface area contributed by atoms with Crippen molar-refractivity contribution in [3.8, 4) is 0 Å². The molecule has 0 radical (unpaired) electrons. The van der Waals surface area contributed by atoms with Crippen LogP contribution in [-0.4, -0.2) is 41.4 Å². The summed E-state index contributed by atoms with van der Waals surface area (Å²) in [7, 11) is 1.40. The molecule has 1 aliphatic carbocycles. The number of hydrogen-bond donors (Lipinski definition) is 3. The van der Waals surface area contributed by atoms with Gasteiger partial charge in [-0.2, -0.15) is 0 Å². The molecular weight excluding hydrogens is 274 g/mol. The molecule has 2 rings (SSSR count). The lowest BCUT2D eigenvalue weighted by molar-refractivity contribution is -0.144. The van der Waals surface area contributed by atoms with Crippen molar-refractivity contribution in [2.75, 3.05) is 13.7 Å². The third-order valence-electron chi connectivity index (χ3n) is 3.74. The molecule has 1 amide bonds. The molecule has 114 valence electrons. The lowest BCUT2D eigenvalue weighted by Gasteiger charge is -2.24. The number of carboxylic acids is 1. The standard InChI is InChI=1S/C15H19NO5/c1-15(20,8-21-2)14(19)16-12-7-11(13(17)18)9-5-3-4-6-10(9)12/h3-6,11-12,20H,7-8H2,1-2H3,(H,16,19)(H,17,18)/t11-,12+,15?/m0/s1. The summed E-state index contributed by atoms with van der Waals surface area (Å²) in [5.41, 5.74) is -0.154. The highest BCUT2D eigenvalue weighted by Crippen LogP contribution is 2.40. The van der Waals surface area contributed by atoms with Crippen LogP contribution in [0.5, 0.6) is 0 Å². The second-order valence-electron chi connectivity index (χ2n) is 5.49. The first-order valence-corrected chi connectivity index (χ1v) is 6.70. The van der Waals surface area contributed by atoms with Gasteiger partial charge in [-0.1, -0.05) is 24.3 Å². The normalized spacial score (nSPS) is 23.2. The number of aliphatic hydroxyl groups is 1. The SMILES string of the molecule is COCC(C)(O)C(=O)N[C@@H]1C[C@H](C(=O)O)c2ccccc21. The number of rotatable bonds is 5. The Morgan fingerprint density at radius 1 is 1.38 bits per heavy atom. The Labute approximate surface area is 122 Å². The van der Waals surface area contributed by atoms with Gasteiger partial charge in [0, 0.05) is 7.11 Å². The summed E-state index contributed by atoms with van der Waals surface area (Å²) >= 11 is 0. The Bertz CT molecular complexity index is 555. The van der Waals surface area contributed by atoms with Crippen molar-refractivity contribution in [3.63, 3.8) is 0 Å². The molecule has 0 saturated heterocycles. The van der Waals surface area contributed by atoms with E-state index in [-0.39, 0.29) is 13.0 Å². The maximum atomic E-state index is 12.1. The van der Waals surface area contributed by atoms with E-state index in [2.05, 4.69) is 5.32 Å². The topological polar surface area (TPSA) is 95.9 Å². The summed E-state index contributed by atoms with van der Waals surface area (Å²) in [6.45, 7) is 1.23. The van der Waals surface area contributed by atoms with Gasteiger partial charge < -0.3 is 20.3 Å². The molecule has 0 aliphatic heterocycles. The van der Waals surface area contributed by atoms with Crippen molar-refractivity contribution in [3.05, 3.63) is 35.4 Å². The van der Waals surface area contributed by atoms with Gasteiger partial charge in [-0.15, -0.1) is 0 Å². The zero-order chi connectivity index (χ0) is 15.6. The van der Waals surface area contributed by atoms with Crippen molar-refractivity contribution in [1.29, 1.82) is 0 Å². The summed E-state index contributed by atoms with van der Waals surface area (Å²) in [4.78, 5) is 23.4. The van der Waals surface area contributed by atoms with Crippen molar-refractivity contribution >= 4 is 11.9 Å². The van der Waals surface area contributed by atoms with Gasteiger partial charge in [-0.25, -0.2) is 0 Å². The van der Waals surface area contributed by atoms with E-state index in [9.17, 15) is 19.8 Å². The summed E-state index contributed by atoms with van der Waals surface area (Å²) in [5, 5.41) is 22.0. The van der Waals surface area contributed by atoms with Crippen LogP contribution < -0.4 is 5.32 Å². The van der Waals surface area contributed by atoms with Gasteiger partial charge in [-0.3, -0.25) is 9.59 Å². The van der Waals surface area contributed by atoms with Crippen LogP contribution in [0.2, 0.25) is 0 Å². The predicted molar refractivity (Wildman–Crippen MR) is 74.8 cm³/mol. The number of methoxy groups -OCH3 is 1. The van der Waals surface area contributed by atoms with E-state index >= 15 is 0 Å². The average molecular weight is 293 g/mol. The lowest BCUT2D eigenvalue weighted by Crippen LogP contribution is -2.48. The number of ether oxygens (including phenoxy) is 1. The number of carbonyl (C=O) groups is 2. The zero-order valence-corrected chi connectivity index (χ0v) is 12.0. The van der Waals surface area contributed by atoms with Crippen LogP contribution in [0.4, 0.5) is 0 Å². The maximum Gasteiger partial charge on any atom is 0.311 e. The number of fused-ring (bicyclic) bond motifs is 1. The van der Waals surface area contributed by atoms with E-state index in [0.29, 0.717) is 5.56 Å². The Morgan fingerprint density at radius 3 is 2.57 bits per heavy atom. The molecule has 1 aliphatic rings. The largest absolute Gasteiger partial charge is 0.481 e. The van der Waals surface area contributed by atoms with E-state index < -0.39 is 29.4 Å². The molecule has 1 aromatic carbocycles. The maximum absolute atomic E-state index is 12.1. The fourth-order valence-electron chi connectivity index (χ4n) is 2.67. The summed E-state index contributed by atoms with van der Waals surface area (Å²) in [6, 6.07) is 6.72. The molecule has 0 aromatic heterocycles. The summed E-state index contributed by atoms with van der Waals surface area (Å²) in [5.74, 6) is -2.13. The van der Waals surface area contributed by atoms with E-state index in [1.165, 1.54) is 14.0 Å². The second-order valence-corrected chi connectivity index (χ2v) is 5.49. The molecule has 0 spiro atoms. The van der Waals surface area contributed by atoms with Crippen molar-refractivity contribution in [2.45, 2.75) is 30.9 Å². The third kappa shape index (κ3) is 3.06. The summed E-state index contributed by atoms with van der Waals surface area (Å²) in [6.07, 6.45) is 0.281. The van der Waals surface area contributed by atoms with Crippen LogP contribution in [0.1, 0.15) is 36.4 Å². The smallest absolute Gasteiger partial charge is 0.311 e. The number of hydrogen-bond acceptors (Lipinski definition) is 4. The first-order chi connectivity index (χ1) is 9.86. The minimum atomic E-state index is -1.65. The summed E-state index contributed by atoms with van der Waals surface area (Å²) < 4.78 is 4.82. The number of aliphatic carboxylic acids is 1. The molecule has 1 unspecified atom stereocenters. The minimum Gasteiger partial charge on any atom is -0.481 e. The van der Waals surface area contributed by atoms with Gasteiger partial charge in [0.05, 0.1) is 18.6 Å². The van der Waals surface area contributed by atoms with Crippen molar-refractivity contribution in [1.82, 2.24) is 5.32 Å². The van der Waals surface area contributed by atoms with E-state index in [4.69, 9.17) is 4.74 Å². The van der Waals surface area contributed by atoms with Crippen LogP contribution in [0.3, 0.4) is 0 Å². The molecule has 0 bridgehead atoms. The van der Waals surface area contributed by atoms with E-state index in [0.717, 1.165) is 5.56 Å². The third-order valence-corrected chi connectivity index (χ3v) is 3.74. The molecule has 0 fully saturated rings. The minimum absolute atomic E-state index is 0.129. The molecular formula is C15H19NO5. The van der Waals surface area contributed by atoms with Gasteiger partial charge in [-0.05, 0) is 24.5 Å². The zero-order valence-electron chi connectivity index (χ0n) is 12.0. The first-order valence-electron chi connectivity index (χ1n) is 6.70. The van der Waals surface area contributed by atoms with Gasteiger partial charge >= 0.3 is 5.97 Å². The molecule has 0 heterocycles. The van der Waals surface area contributed by atoms with Crippen molar-refractivity contribution < 1.29 is 24.5 Å². The second kappa shape index (κ2) is 5.83. The average Bonchev–Trinajstić information content (AvgIpc) is 2.78. The number of benzene rings is 1. The Morgan fingerprint density at radius 2 is 2.00 bits per heavy atom. The van der Waals surface area contributed by atoms with Crippen LogP contribution in [-0.2, 0) is 14.3 Å². The molecule has 3 atom stereocenters. The van der Waals surface area contributed by atoms with Crippen LogP contribution in [0.15, 0.2) is 24.3 Å². The Kier molecular flexibility index (Phi) is 4.29. The molecule has 0 saturated carbocycles. The van der Waals surface area contributed by atoms with E-state index in [1.807, 2.05) is 0 Å². The lowest BCUT2D eigenvalue weighted by atomic mass is 10.0. The highest BCUT2D eigenvalue weighted by Gasteiger charge is 2.39. The fraction of sp³-hybridized carbons (Fsp3) is 0.467. The number of nitrogens with one attached hydrogen (secondary N) is 1. The van der Waals surface area contributed by atoms with Crippen molar-refractivity contribution in [2.24, 2.45) is 0 Å². The molecule has 1 aromatic rings. The van der Waals surface area contributed by atoms with Crippen LogP contribution in [0, 0.1) is 0 Å². The number of amides is 1. The quantitative estimate of drug-likeness (QED) is 0.746. The molecule has 21 heavy (non-hydrogen) atoms. The Balaban J connectivity index is 2.19. The first kappa shape index (κ1) is 15.5. The van der Waals surface area contributed by atoms with Gasteiger partial charge in [0.2, 0.25) is 0 Å². The highest BCUT2D eigenvalue weighted by molar-refractivity contribution is 5.86. The van der Waals surface area contributed by atoms with Crippen LogP contribution >= 0.6 is 0 Å². The predicted octanol–water partition coefficient (Wildman–Crippen LogP) is 0.813. The Hall–Kier alpha value is -1.92. The van der Waals surface area contributed by atoms with Gasteiger partial charge in [0.1, 0.15) is 0 Å². The van der Waals surface area contributed by atoms with E-state index in [1.54, 1.807) is 24.3 Å². The number of carbonyl (C=O) groups excluding carboxylic acids is 1. The molecule has 3 N–H and O–H groups in total. The highest BCUT2D eigenvalue weighted by atomic mass is 16.5. The fourth-order valence-corrected chi connectivity index (χ4v) is 2.67. The number of carboxylic acid groups (broad SMARTS) is 1. The van der Waals surface area contributed by atoms with Gasteiger partial charge in [0.15, 0.2) is 5.60 Å².